The van der Waals surface area contributed by atoms with E-state index in [4.69, 9.17) is 4.74 Å². The molecule has 0 amide bonds. The number of fused-ring (bicyclic) bond motifs is 3. The fourth-order valence-corrected chi connectivity index (χ4v) is 5.63. The fraction of sp³-hybridized carbons (Fsp3) is 0.556. The molecule has 0 bridgehead atoms. The Bertz CT molecular complexity index is 904. The molecule has 2 nitrogen and oxygen atoms in total. The van der Waals surface area contributed by atoms with E-state index in [2.05, 4.69) is 33.8 Å². The van der Waals surface area contributed by atoms with Crippen molar-refractivity contribution >= 4 is 0 Å². The molecule has 0 radical (unpaired) electrons. The first-order valence-corrected chi connectivity index (χ1v) is 11.5. The molecule has 2 aromatic rings. The summed E-state index contributed by atoms with van der Waals surface area (Å²) in [6.07, 6.45) is 6.26. The van der Waals surface area contributed by atoms with Crippen molar-refractivity contribution in [3.05, 3.63) is 58.9 Å². The Kier molecular flexibility index (Phi) is 5.83. The lowest BCUT2D eigenvalue weighted by molar-refractivity contribution is 0.0442. The minimum absolute atomic E-state index is 0.121. The van der Waals surface area contributed by atoms with E-state index in [1.807, 2.05) is 18.2 Å². The van der Waals surface area contributed by atoms with Crippen molar-refractivity contribution in [1.82, 2.24) is 0 Å². The van der Waals surface area contributed by atoms with Crippen LogP contribution in [0.2, 0.25) is 0 Å². The van der Waals surface area contributed by atoms with Crippen LogP contribution >= 0.6 is 0 Å². The van der Waals surface area contributed by atoms with Gasteiger partial charge in [-0.25, -0.2) is 4.39 Å². The molecule has 1 N–H and O–H groups in total. The molecule has 162 valence electrons. The van der Waals surface area contributed by atoms with Gasteiger partial charge in [0.1, 0.15) is 17.3 Å². The number of halogens is 1. The van der Waals surface area contributed by atoms with E-state index >= 15 is 0 Å². The third-order valence-electron chi connectivity index (χ3n) is 7.48. The van der Waals surface area contributed by atoms with Gasteiger partial charge in [-0.05, 0) is 92.0 Å². The van der Waals surface area contributed by atoms with Gasteiger partial charge >= 0.3 is 0 Å². The maximum atomic E-state index is 13.9. The van der Waals surface area contributed by atoms with Crippen LogP contribution in [0.1, 0.15) is 88.3 Å². The lowest BCUT2D eigenvalue weighted by Crippen LogP contribution is -2.40. The summed E-state index contributed by atoms with van der Waals surface area (Å²) in [6, 6.07) is 11.1. The van der Waals surface area contributed by atoms with Crippen LogP contribution in [0.3, 0.4) is 0 Å². The number of aromatic hydroxyl groups is 1. The summed E-state index contributed by atoms with van der Waals surface area (Å²) in [4.78, 5) is 0. The third-order valence-corrected chi connectivity index (χ3v) is 7.48. The summed E-state index contributed by atoms with van der Waals surface area (Å²) in [7, 11) is 0. The van der Waals surface area contributed by atoms with Gasteiger partial charge in [-0.15, -0.1) is 0 Å². The van der Waals surface area contributed by atoms with Crippen molar-refractivity contribution in [3.8, 4) is 11.5 Å². The highest BCUT2D eigenvalue weighted by molar-refractivity contribution is 5.52. The van der Waals surface area contributed by atoms with Crippen molar-refractivity contribution in [1.29, 1.82) is 0 Å². The number of ether oxygens (including phenoxy) is 1. The van der Waals surface area contributed by atoms with Gasteiger partial charge in [0, 0.05) is 11.5 Å². The van der Waals surface area contributed by atoms with Crippen molar-refractivity contribution in [2.45, 2.75) is 84.2 Å². The van der Waals surface area contributed by atoms with Crippen molar-refractivity contribution in [2.24, 2.45) is 11.3 Å². The molecule has 0 saturated heterocycles. The van der Waals surface area contributed by atoms with Crippen molar-refractivity contribution < 1.29 is 14.2 Å². The Hall–Kier alpha value is -2.03. The second-order valence-electron chi connectivity index (χ2n) is 10.3. The Labute approximate surface area is 180 Å². The number of phenolic OH excluding ortho intramolecular Hbond substituents is 1. The number of hydrogen-bond donors (Lipinski definition) is 1. The van der Waals surface area contributed by atoms with Crippen LogP contribution in [0, 0.1) is 17.2 Å². The van der Waals surface area contributed by atoms with E-state index in [9.17, 15) is 9.50 Å². The maximum absolute atomic E-state index is 13.9. The van der Waals surface area contributed by atoms with Crippen LogP contribution in [0.4, 0.5) is 4.39 Å². The quantitative estimate of drug-likeness (QED) is 0.558. The van der Waals surface area contributed by atoms with Gasteiger partial charge in [0.15, 0.2) is 0 Å². The molecular formula is C27H35FO2. The zero-order valence-corrected chi connectivity index (χ0v) is 18.7. The molecule has 4 unspecified atom stereocenters. The van der Waals surface area contributed by atoms with Gasteiger partial charge in [0.05, 0.1) is 6.10 Å². The zero-order valence-electron chi connectivity index (χ0n) is 18.7. The largest absolute Gasteiger partial charge is 0.508 e. The van der Waals surface area contributed by atoms with E-state index < -0.39 is 0 Å². The zero-order chi connectivity index (χ0) is 21.5. The molecule has 2 aromatic carbocycles. The fourth-order valence-electron chi connectivity index (χ4n) is 5.63. The highest BCUT2D eigenvalue weighted by atomic mass is 19.1. The summed E-state index contributed by atoms with van der Waals surface area (Å²) in [5.74, 6) is 2.29. The van der Waals surface area contributed by atoms with E-state index in [0.717, 1.165) is 54.5 Å². The third kappa shape index (κ3) is 4.22. The van der Waals surface area contributed by atoms with Gasteiger partial charge in [0.2, 0.25) is 0 Å². The van der Waals surface area contributed by atoms with Crippen LogP contribution in [0.5, 0.6) is 11.5 Å². The normalized spacial score (nSPS) is 25.7. The average molecular weight is 411 g/mol. The molecule has 2 aliphatic rings. The molecular weight excluding hydrogens is 375 g/mol. The summed E-state index contributed by atoms with van der Waals surface area (Å²) >= 11 is 0. The van der Waals surface area contributed by atoms with Crippen LogP contribution in [-0.2, 0) is 6.42 Å². The first-order chi connectivity index (χ1) is 14.2. The van der Waals surface area contributed by atoms with E-state index in [0.29, 0.717) is 23.0 Å². The molecule has 0 spiro atoms. The highest BCUT2D eigenvalue weighted by Gasteiger charge is 2.44. The van der Waals surface area contributed by atoms with Crippen LogP contribution in [0.15, 0.2) is 36.4 Å². The number of phenols is 1. The first kappa shape index (κ1) is 21.2. The monoisotopic (exact) mass is 410 g/mol. The molecule has 0 aromatic heterocycles. The maximum Gasteiger partial charge on any atom is 0.127 e. The molecule has 1 heterocycles. The molecule has 4 atom stereocenters. The second-order valence-corrected chi connectivity index (χ2v) is 10.3. The molecule has 3 heteroatoms. The topological polar surface area (TPSA) is 29.5 Å². The molecule has 4 rings (SSSR count). The summed E-state index contributed by atoms with van der Waals surface area (Å²) in [5, 5.41) is 11.0. The van der Waals surface area contributed by atoms with Gasteiger partial charge < -0.3 is 9.84 Å². The van der Waals surface area contributed by atoms with Gasteiger partial charge in [-0.2, -0.15) is 0 Å². The number of rotatable bonds is 5. The van der Waals surface area contributed by atoms with E-state index in [1.54, 1.807) is 6.07 Å². The Morgan fingerprint density at radius 2 is 2.00 bits per heavy atom. The second kappa shape index (κ2) is 8.24. The lowest BCUT2D eigenvalue weighted by Gasteiger charge is -2.47. The standard InChI is InChI=1S/C27H35FO2/c1-17(8-7-10-19-9-5-6-11-23(19)28)20-14-24(29)26-22-16-27(3,4)13-12-21(22)18(2)30-25(26)15-20/h5-6,9,11,14-15,17-18,21-22,29H,7-8,10,12-13,16H2,1-4H3. The Balaban J connectivity index is 1.50. The van der Waals surface area contributed by atoms with Crippen LogP contribution < -0.4 is 4.74 Å². The molecule has 1 saturated carbocycles. The van der Waals surface area contributed by atoms with Gasteiger partial charge in [0.25, 0.3) is 0 Å². The number of hydrogen-bond acceptors (Lipinski definition) is 2. The SMILES string of the molecule is CC(CCCc1ccccc1F)c1cc(O)c2c(c1)OC(C)C1CCC(C)(C)CC21. The lowest BCUT2D eigenvalue weighted by atomic mass is 9.62. The number of benzene rings is 2. The molecule has 1 aliphatic carbocycles. The van der Waals surface area contributed by atoms with Crippen molar-refractivity contribution in [2.75, 3.05) is 0 Å². The summed E-state index contributed by atoms with van der Waals surface area (Å²) in [6.45, 7) is 9.04. The average Bonchev–Trinajstić information content (AvgIpc) is 2.68. The summed E-state index contributed by atoms with van der Waals surface area (Å²) in [5.41, 5.74) is 3.22. The smallest absolute Gasteiger partial charge is 0.127 e. The van der Waals surface area contributed by atoms with Gasteiger partial charge in [-0.1, -0.05) is 39.0 Å². The first-order valence-electron chi connectivity index (χ1n) is 11.5. The van der Waals surface area contributed by atoms with E-state index in [-0.39, 0.29) is 17.8 Å². The number of aryl methyl sites for hydroxylation is 1. The van der Waals surface area contributed by atoms with Crippen molar-refractivity contribution in [3.63, 3.8) is 0 Å². The minimum atomic E-state index is -0.121. The molecule has 1 aliphatic heterocycles. The molecule has 1 fully saturated rings. The Morgan fingerprint density at radius 1 is 1.23 bits per heavy atom. The molecule has 30 heavy (non-hydrogen) atoms. The summed E-state index contributed by atoms with van der Waals surface area (Å²) < 4.78 is 20.2. The van der Waals surface area contributed by atoms with Gasteiger partial charge in [-0.3, -0.25) is 0 Å². The minimum Gasteiger partial charge on any atom is -0.508 e. The predicted molar refractivity (Wildman–Crippen MR) is 120 cm³/mol. The van der Waals surface area contributed by atoms with Crippen LogP contribution in [0.25, 0.3) is 0 Å². The Morgan fingerprint density at radius 3 is 2.77 bits per heavy atom. The predicted octanol–water partition coefficient (Wildman–Crippen LogP) is 7.35. The highest BCUT2D eigenvalue weighted by Crippen LogP contribution is 2.55. The van der Waals surface area contributed by atoms with E-state index in [1.165, 1.54) is 12.5 Å². The van der Waals surface area contributed by atoms with Crippen LogP contribution in [-0.4, -0.2) is 11.2 Å².